The van der Waals surface area contributed by atoms with Crippen LogP contribution in [0.15, 0.2) is 10.2 Å². The molecule has 3 heterocycles. The van der Waals surface area contributed by atoms with Crippen LogP contribution in [-0.4, -0.2) is 21.5 Å². The van der Waals surface area contributed by atoms with Crippen LogP contribution < -0.4 is 10.9 Å². The van der Waals surface area contributed by atoms with Crippen molar-refractivity contribution in [2.45, 2.75) is 19.9 Å². The fourth-order valence-corrected chi connectivity index (χ4v) is 2.56. The molecule has 0 saturated heterocycles. The van der Waals surface area contributed by atoms with Gasteiger partial charge in [0.2, 0.25) is 0 Å². The van der Waals surface area contributed by atoms with Crippen LogP contribution in [0.5, 0.6) is 0 Å². The van der Waals surface area contributed by atoms with Gasteiger partial charge in [-0.25, -0.2) is 9.97 Å². The van der Waals surface area contributed by atoms with E-state index in [-0.39, 0.29) is 5.56 Å². The Morgan fingerprint density at radius 1 is 1.41 bits per heavy atom. The number of hydrogen-bond donors (Lipinski definition) is 2. The van der Waals surface area contributed by atoms with E-state index in [1.165, 1.54) is 0 Å². The number of aromatic amines is 1. The molecule has 2 aromatic heterocycles. The van der Waals surface area contributed by atoms with E-state index >= 15 is 0 Å². The average Bonchev–Trinajstić information content (AvgIpc) is 2.76. The minimum atomic E-state index is -0.0304. The van der Waals surface area contributed by atoms with Gasteiger partial charge in [0.15, 0.2) is 5.82 Å². The predicted octanol–water partition coefficient (Wildman–Crippen LogP) is 0.848. The highest BCUT2D eigenvalue weighted by Crippen LogP contribution is 2.18. The molecule has 0 aromatic carbocycles. The molecule has 0 amide bonds. The first-order valence-corrected chi connectivity index (χ1v) is 6.37. The summed E-state index contributed by atoms with van der Waals surface area (Å²) in [6, 6.07) is 0. The zero-order valence-corrected chi connectivity index (χ0v) is 10.2. The van der Waals surface area contributed by atoms with E-state index < -0.39 is 0 Å². The van der Waals surface area contributed by atoms with Crippen LogP contribution in [0.1, 0.15) is 16.3 Å². The summed E-state index contributed by atoms with van der Waals surface area (Å²) < 4.78 is 0. The molecule has 0 fully saturated rings. The smallest absolute Gasteiger partial charge is 0.254 e. The van der Waals surface area contributed by atoms with Gasteiger partial charge in [0.25, 0.3) is 5.56 Å². The summed E-state index contributed by atoms with van der Waals surface area (Å²) in [5.41, 5.74) is 2.37. The molecule has 0 bridgehead atoms. The zero-order chi connectivity index (χ0) is 11.8. The van der Waals surface area contributed by atoms with Crippen LogP contribution in [0.3, 0.4) is 0 Å². The number of thiazole rings is 1. The summed E-state index contributed by atoms with van der Waals surface area (Å²) in [6.07, 6.45) is 0.744. The average molecular weight is 248 g/mol. The Labute approximate surface area is 102 Å². The lowest BCUT2D eigenvalue weighted by Crippen LogP contribution is -2.31. The van der Waals surface area contributed by atoms with Gasteiger partial charge in [0, 0.05) is 17.5 Å². The molecule has 2 N–H and O–H groups in total. The Bertz CT molecular complexity index is 616. The fraction of sp³-hybridized carbons (Fsp3) is 0.364. The molecule has 0 radical (unpaired) electrons. The topological polar surface area (TPSA) is 70.7 Å². The van der Waals surface area contributed by atoms with Crippen LogP contribution in [0.4, 0.5) is 0 Å². The van der Waals surface area contributed by atoms with Gasteiger partial charge in [-0.1, -0.05) is 0 Å². The minimum Gasteiger partial charge on any atom is -0.311 e. The van der Waals surface area contributed by atoms with E-state index in [0.29, 0.717) is 12.4 Å². The van der Waals surface area contributed by atoms with E-state index in [1.54, 1.807) is 11.3 Å². The molecule has 0 spiro atoms. The monoisotopic (exact) mass is 248 g/mol. The van der Waals surface area contributed by atoms with Gasteiger partial charge in [-0.15, -0.1) is 11.3 Å². The van der Waals surface area contributed by atoms with Gasteiger partial charge in [0.05, 0.1) is 10.7 Å². The Hall–Kier alpha value is -1.53. The molecule has 1 aliphatic heterocycles. The Balaban J connectivity index is 2.13. The van der Waals surface area contributed by atoms with Crippen molar-refractivity contribution >= 4 is 11.3 Å². The van der Waals surface area contributed by atoms with Crippen molar-refractivity contribution in [3.05, 3.63) is 32.0 Å². The highest BCUT2D eigenvalue weighted by atomic mass is 32.1. The molecule has 0 atom stereocenters. The van der Waals surface area contributed by atoms with Crippen LogP contribution in [0.25, 0.3) is 11.5 Å². The van der Waals surface area contributed by atoms with Crippen LogP contribution in [0.2, 0.25) is 0 Å². The Morgan fingerprint density at radius 2 is 2.29 bits per heavy atom. The standard InChI is InChI=1S/C11H12N4OS/c1-6-13-9(5-17-6)10-14-8-4-12-3-2-7(8)11(16)15-10/h5,12H,2-4H2,1H3,(H,14,15,16). The quantitative estimate of drug-likeness (QED) is 0.785. The zero-order valence-electron chi connectivity index (χ0n) is 9.41. The molecule has 0 aliphatic carbocycles. The molecule has 0 unspecified atom stereocenters. The van der Waals surface area contributed by atoms with E-state index in [1.807, 2.05) is 12.3 Å². The maximum Gasteiger partial charge on any atom is 0.254 e. The number of nitrogens with one attached hydrogen (secondary N) is 2. The second-order valence-electron chi connectivity index (χ2n) is 4.02. The summed E-state index contributed by atoms with van der Waals surface area (Å²) in [4.78, 5) is 23.6. The van der Waals surface area contributed by atoms with Gasteiger partial charge < -0.3 is 10.3 Å². The van der Waals surface area contributed by atoms with Crippen molar-refractivity contribution < 1.29 is 0 Å². The van der Waals surface area contributed by atoms with E-state index in [4.69, 9.17) is 0 Å². The van der Waals surface area contributed by atoms with Crippen LogP contribution in [-0.2, 0) is 13.0 Å². The molecule has 5 nitrogen and oxygen atoms in total. The van der Waals surface area contributed by atoms with Crippen molar-refractivity contribution in [1.29, 1.82) is 0 Å². The van der Waals surface area contributed by atoms with Gasteiger partial charge in [-0.3, -0.25) is 4.79 Å². The van der Waals surface area contributed by atoms with Gasteiger partial charge in [-0.2, -0.15) is 0 Å². The van der Waals surface area contributed by atoms with E-state index in [9.17, 15) is 4.79 Å². The molecule has 3 rings (SSSR count). The molecule has 1 aliphatic rings. The molecular weight excluding hydrogens is 236 g/mol. The first-order chi connectivity index (χ1) is 8.24. The highest BCUT2D eigenvalue weighted by Gasteiger charge is 2.16. The second-order valence-corrected chi connectivity index (χ2v) is 5.08. The Kier molecular flexibility index (Phi) is 2.53. The fourth-order valence-electron chi connectivity index (χ4n) is 1.96. The SMILES string of the molecule is Cc1nc(-c2nc3c(c(=O)[nH]2)CCNC3)cs1. The largest absolute Gasteiger partial charge is 0.311 e. The predicted molar refractivity (Wildman–Crippen MR) is 66.1 cm³/mol. The lowest BCUT2D eigenvalue weighted by atomic mass is 10.1. The first kappa shape index (κ1) is 10.6. The third-order valence-electron chi connectivity index (χ3n) is 2.81. The summed E-state index contributed by atoms with van der Waals surface area (Å²) in [5, 5.41) is 6.10. The number of rotatable bonds is 1. The normalized spacial score (nSPS) is 14.6. The summed E-state index contributed by atoms with van der Waals surface area (Å²) in [5.74, 6) is 0.571. The van der Waals surface area contributed by atoms with Gasteiger partial charge in [-0.05, 0) is 19.9 Å². The van der Waals surface area contributed by atoms with E-state index in [2.05, 4.69) is 20.3 Å². The molecule has 17 heavy (non-hydrogen) atoms. The first-order valence-electron chi connectivity index (χ1n) is 5.49. The number of H-pyrrole nitrogens is 1. The maximum atomic E-state index is 11.9. The minimum absolute atomic E-state index is 0.0304. The lowest BCUT2D eigenvalue weighted by Gasteiger charge is -2.15. The third kappa shape index (κ3) is 1.89. The third-order valence-corrected chi connectivity index (χ3v) is 3.58. The van der Waals surface area contributed by atoms with Crippen LogP contribution >= 0.6 is 11.3 Å². The Morgan fingerprint density at radius 3 is 3.06 bits per heavy atom. The molecule has 0 saturated carbocycles. The van der Waals surface area contributed by atoms with E-state index in [0.717, 1.165) is 34.9 Å². The maximum absolute atomic E-state index is 11.9. The molecular formula is C11H12N4OS. The van der Waals surface area contributed by atoms with Crippen molar-refractivity contribution in [2.75, 3.05) is 6.54 Å². The number of fused-ring (bicyclic) bond motifs is 1. The number of hydrogen-bond acceptors (Lipinski definition) is 5. The summed E-state index contributed by atoms with van der Waals surface area (Å²) >= 11 is 1.55. The molecule has 88 valence electrons. The number of aryl methyl sites for hydroxylation is 1. The van der Waals surface area contributed by atoms with Gasteiger partial charge in [0.1, 0.15) is 5.69 Å². The second kappa shape index (κ2) is 4.05. The summed E-state index contributed by atoms with van der Waals surface area (Å²) in [6.45, 7) is 3.44. The highest BCUT2D eigenvalue weighted by molar-refractivity contribution is 7.09. The van der Waals surface area contributed by atoms with Gasteiger partial charge >= 0.3 is 0 Å². The summed E-state index contributed by atoms with van der Waals surface area (Å²) in [7, 11) is 0. The van der Waals surface area contributed by atoms with Crippen LogP contribution in [0, 0.1) is 6.92 Å². The van der Waals surface area contributed by atoms with Crippen molar-refractivity contribution in [1.82, 2.24) is 20.3 Å². The molecule has 6 heteroatoms. The van der Waals surface area contributed by atoms with Crippen molar-refractivity contribution in [3.8, 4) is 11.5 Å². The molecule has 2 aromatic rings. The number of aromatic nitrogens is 3. The van der Waals surface area contributed by atoms with Crippen molar-refractivity contribution in [2.24, 2.45) is 0 Å². The lowest BCUT2D eigenvalue weighted by molar-refractivity contribution is 0.619. The number of nitrogens with zero attached hydrogens (tertiary/aromatic N) is 2. The van der Waals surface area contributed by atoms with Crippen molar-refractivity contribution in [3.63, 3.8) is 0 Å².